The minimum absolute atomic E-state index is 0.0487. The molecule has 0 saturated carbocycles. The molecule has 10 heteroatoms. The van der Waals surface area contributed by atoms with Gasteiger partial charge < -0.3 is 9.88 Å². The van der Waals surface area contributed by atoms with Gasteiger partial charge in [0, 0.05) is 43.7 Å². The Labute approximate surface area is 134 Å². The molecule has 1 amide bonds. The molecular weight excluding hydrogens is 314 g/mol. The highest BCUT2D eigenvalue weighted by Crippen LogP contribution is 2.08. The molecule has 10 nitrogen and oxygen atoms in total. The van der Waals surface area contributed by atoms with Crippen LogP contribution >= 0.6 is 0 Å². The quantitative estimate of drug-likeness (QED) is 0.653. The van der Waals surface area contributed by atoms with Crippen LogP contribution in [-0.2, 0) is 11.3 Å². The van der Waals surface area contributed by atoms with Crippen molar-refractivity contribution in [3.8, 4) is 5.82 Å². The number of rotatable bonds is 5. The summed E-state index contributed by atoms with van der Waals surface area (Å²) < 4.78 is 2.79. The maximum absolute atomic E-state index is 12.0. The molecule has 0 aromatic carbocycles. The van der Waals surface area contributed by atoms with Crippen LogP contribution in [0.2, 0.25) is 0 Å². The summed E-state index contributed by atoms with van der Waals surface area (Å²) in [6.07, 6.45) is 6.04. The number of hydrogen-bond donors (Lipinski definition) is 2. The molecule has 3 heterocycles. The summed E-state index contributed by atoms with van der Waals surface area (Å²) in [6, 6.07) is 4.56. The molecule has 0 fully saturated rings. The minimum atomic E-state index is -0.557. The zero-order chi connectivity index (χ0) is 16.9. The summed E-state index contributed by atoms with van der Waals surface area (Å²) in [7, 11) is 0. The molecule has 0 bridgehead atoms. The zero-order valence-corrected chi connectivity index (χ0v) is 12.4. The van der Waals surface area contributed by atoms with Gasteiger partial charge in [-0.05, 0) is 6.07 Å². The third-order valence-electron chi connectivity index (χ3n) is 3.14. The summed E-state index contributed by atoms with van der Waals surface area (Å²) in [5.74, 6) is 0.523. The van der Waals surface area contributed by atoms with Crippen molar-refractivity contribution in [2.75, 3.05) is 5.32 Å². The van der Waals surface area contributed by atoms with Crippen molar-refractivity contribution in [3.05, 3.63) is 64.0 Å². The van der Waals surface area contributed by atoms with Gasteiger partial charge in [-0.3, -0.25) is 14.6 Å². The van der Waals surface area contributed by atoms with Crippen LogP contribution in [0.5, 0.6) is 0 Å². The van der Waals surface area contributed by atoms with E-state index in [1.165, 1.54) is 27.8 Å². The minimum Gasteiger partial charge on any atom is -0.310 e. The van der Waals surface area contributed by atoms with E-state index in [0.717, 1.165) is 0 Å². The third kappa shape index (κ3) is 3.61. The van der Waals surface area contributed by atoms with Crippen molar-refractivity contribution in [1.29, 1.82) is 0 Å². The van der Waals surface area contributed by atoms with Crippen LogP contribution in [0, 0.1) is 0 Å². The average molecular weight is 327 g/mol. The Kier molecular flexibility index (Phi) is 4.27. The molecule has 24 heavy (non-hydrogen) atoms. The first-order chi connectivity index (χ1) is 11.6. The summed E-state index contributed by atoms with van der Waals surface area (Å²) >= 11 is 0. The fourth-order valence-electron chi connectivity index (χ4n) is 1.99. The summed E-state index contributed by atoms with van der Waals surface area (Å²) in [5, 5.41) is 6.67. The van der Waals surface area contributed by atoms with Crippen LogP contribution in [0.15, 0.2) is 52.7 Å². The van der Waals surface area contributed by atoms with E-state index in [4.69, 9.17) is 0 Å². The number of nitrogens with zero attached hydrogens (tertiary/aromatic N) is 5. The van der Waals surface area contributed by atoms with E-state index < -0.39 is 11.2 Å². The maximum Gasteiger partial charge on any atom is 0.328 e. The lowest BCUT2D eigenvalue weighted by Gasteiger charge is -2.07. The maximum atomic E-state index is 12.0. The topological polar surface area (TPSA) is 128 Å². The number of nitrogens with one attached hydrogen (secondary N) is 2. The Bertz CT molecular complexity index is 959. The largest absolute Gasteiger partial charge is 0.328 e. The van der Waals surface area contributed by atoms with E-state index >= 15 is 0 Å². The second-order valence-corrected chi connectivity index (χ2v) is 4.81. The Morgan fingerprint density at radius 3 is 2.88 bits per heavy atom. The second-order valence-electron chi connectivity index (χ2n) is 4.81. The third-order valence-corrected chi connectivity index (χ3v) is 3.14. The predicted molar refractivity (Wildman–Crippen MR) is 83.7 cm³/mol. The molecule has 0 atom stereocenters. The standard InChI is InChI=1S/C14H13N7O3/c22-12(2-6-20-7-3-13(23)19-14(20)24)18-10-8-11(16-9-15-10)21-5-1-4-17-21/h1,3-5,7-9H,2,6H2,(H,19,23,24)(H,15,16,18,22). The van der Waals surface area contributed by atoms with Gasteiger partial charge in [-0.1, -0.05) is 0 Å². The van der Waals surface area contributed by atoms with Crippen molar-refractivity contribution in [3.63, 3.8) is 0 Å². The van der Waals surface area contributed by atoms with Crippen molar-refractivity contribution in [1.82, 2.24) is 29.3 Å². The summed E-state index contributed by atoms with van der Waals surface area (Å²) in [5.41, 5.74) is -1.04. The van der Waals surface area contributed by atoms with E-state index in [-0.39, 0.29) is 18.9 Å². The van der Waals surface area contributed by atoms with Crippen LogP contribution in [0.25, 0.3) is 5.82 Å². The molecule has 2 N–H and O–H groups in total. The van der Waals surface area contributed by atoms with Crippen LogP contribution in [-0.4, -0.2) is 35.2 Å². The Balaban J connectivity index is 1.64. The zero-order valence-electron chi connectivity index (χ0n) is 12.4. The van der Waals surface area contributed by atoms with E-state index in [1.54, 1.807) is 24.5 Å². The normalized spacial score (nSPS) is 10.5. The van der Waals surface area contributed by atoms with E-state index in [1.807, 2.05) is 0 Å². The first-order valence-corrected chi connectivity index (χ1v) is 7.03. The van der Waals surface area contributed by atoms with Gasteiger partial charge in [-0.25, -0.2) is 19.4 Å². The molecule has 0 spiro atoms. The SMILES string of the molecule is O=C(CCn1ccc(=O)[nH]c1=O)Nc1cc(-n2cccn2)ncn1. The number of hydrogen-bond acceptors (Lipinski definition) is 6. The molecule has 0 aliphatic carbocycles. The fourth-order valence-corrected chi connectivity index (χ4v) is 1.99. The highest BCUT2D eigenvalue weighted by atomic mass is 16.2. The number of aromatic nitrogens is 6. The first-order valence-electron chi connectivity index (χ1n) is 7.03. The lowest BCUT2D eigenvalue weighted by Crippen LogP contribution is -2.29. The highest BCUT2D eigenvalue weighted by Gasteiger charge is 2.07. The smallest absolute Gasteiger partial charge is 0.310 e. The number of carbonyl (C=O) groups excluding carboxylic acids is 1. The van der Waals surface area contributed by atoms with Gasteiger partial charge >= 0.3 is 5.69 Å². The van der Waals surface area contributed by atoms with Gasteiger partial charge in [-0.2, -0.15) is 5.10 Å². The Morgan fingerprint density at radius 1 is 1.25 bits per heavy atom. The Hall–Kier alpha value is -3.56. The number of aromatic amines is 1. The molecule has 0 aliphatic heterocycles. The van der Waals surface area contributed by atoms with E-state index in [9.17, 15) is 14.4 Å². The fraction of sp³-hybridized carbons (Fsp3) is 0.143. The monoisotopic (exact) mass is 327 g/mol. The Morgan fingerprint density at radius 2 is 2.12 bits per heavy atom. The van der Waals surface area contributed by atoms with Gasteiger partial charge in [0.15, 0.2) is 5.82 Å². The second kappa shape index (κ2) is 6.69. The summed E-state index contributed by atoms with van der Waals surface area (Å²) in [4.78, 5) is 44.7. The van der Waals surface area contributed by atoms with Crippen molar-refractivity contribution in [2.24, 2.45) is 0 Å². The van der Waals surface area contributed by atoms with Crippen LogP contribution in [0.4, 0.5) is 5.82 Å². The lowest BCUT2D eigenvalue weighted by molar-refractivity contribution is -0.116. The van der Waals surface area contributed by atoms with Gasteiger partial charge in [0.25, 0.3) is 5.56 Å². The van der Waals surface area contributed by atoms with Crippen LogP contribution < -0.4 is 16.6 Å². The van der Waals surface area contributed by atoms with Gasteiger partial charge in [-0.15, -0.1) is 0 Å². The molecule has 0 unspecified atom stereocenters. The van der Waals surface area contributed by atoms with Crippen molar-refractivity contribution in [2.45, 2.75) is 13.0 Å². The summed E-state index contributed by atoms with van der Waals surface area (Å²) in [6.45, 7) is 0.137. The van der Waals surface area contributed by atoms with Gasteiger partial charge in [0.2, 0.25) is 5.91 Å². The average Bonchev–Trinajstić information content (AvgIpc) is 3.09. The van der Waals surface area contributed by atoms with Gasteiger partial charge in [0.05, 0.1) is 0 Å². The number of amides is 1. The molecule has 3 rings (SSSR count). The number of H-pyrrole nitrogens is 1. The molecular formula is C14H13N7O3. The molecule has 0 saturated heterocycles. The van der Waals surface area contributed by atoms with E-state index in [0.29, 0.717) is 11.6 Å². The number of carbonyl (C=O) groups is 1. The molecule has 3 aromatic heterocycles. The van der Waals surface area contributed by atoms with E-state index in [2.05, 4.69) is 25.4 Å². The molecule has 0 aliphatic rings. The lowest BCUT2D eigenvalue weighted by atomic mass is 10.4. The number of aryl methyl sites for hydroxylation is 1. The first kappa shape index (κ1) is 15.3. The number of anilines is 1. The molecule has 3 aromatic rings. The molecule has 0 radical (unpaired) electrons. The van der Waals surface area contributed by atoms with Crippen molar-refractivity contribution >= 4 is 11.7 Å². The highest BCUT2D eigenvalue weighted by molar-refractivity contribution is 5.89. The van der Waals surface area contributed by atoms with Crippen molar-refractivity contribution < 1.29 is 4.79 Å². The van der Waals surface area contributed by atoms with Crippen LogP contribution in [0.1, 0.15) is 6.42 Å². The molecule has 122 valence electrons. The van der Waals surface area contributed by atoms with Gasteiger partial charge in [0.1, 0.15) is 12.1 Å². The van der Waals surface area contributed by atoms with Crippen LogP contribution in [0.3, 0.4) is 0 Å². The predicted octanol–water partition coefficient (Wildman–Crippen LogP) is -0.459.